The van der Waals surface area contributed by atoms with E-state index >= 15 is 0 Å². The Bertz CT molecular complexity index is 1380. The quantitative estimate of drug-likeness (QED) is 0.0320. The number of nitrogens with one attached hydrogen (secondary N) is 1. The normalized spacial score (nSPS) is 12.7. The van der Waals surface area contributed by atoms with E-state index in [1.165, 1.54) is 353 Å². The van der Waals surface area contributed by atoms with Crippen LogP contribution in [0.5, 0.6) is 0 Å². The average molecular weight is 1200 g/mol. The number of esters is 1. The lowest BCUT2D eigenvalue weighted by Crippen LogP contribution is -2.45. The van der Waals surface area contributed by atoms with Gasteiger partial charge in [-0.3, -0.25) is 9.59 Å². The highest BCUT2D eigenvalue weighted by molar-refractivity contribution is 5.76. The number of rotatable bonds is 73. The van der Waals surface area contributed by atoms with Gasteiger partial charge in [0.05, 0.1) is 25.4 Å². The number of aliphatic hydroxyl groups is 2. The van der Waals surface area contributed by atoms with Gasteiger partial charge in [0.1, 0.15) is 0 Å². The predicted octanol–water partition coefficient (Wildman–Crippen LogP) is 25.4. The number of amides is 1. The second kappa shape index (κ2) is 74.5. The van der Waals surface area contributed by atoms with Crippen molar-refractivity contribution in [2.75, 3.05) is 13.2 Å². The molecule has 0 aliphatic carbocycles. The zero-order valence-corrected chi connectivity index (χ0v) is 57.6. The van der Waals surface area contributed by atoms with Crippen molar-refractivity contribution in [3.8, 4) is 0 Å². The number of carbonyl (C=O) groups is 2. The first-order valence-corrected chi connectivity index (χ1v) is 38.8. The van der Waals surface area contributed by atoms with E-state index in [0.717, 1.165) is 51.4 Å². The molecule has 2 unspecified atom stereocenters. The molecule has 0 radical (unpaired) electrons. The number of carbonyl (C=O) groups excluding carboxylic acids is 2. The van der Waals surface area contributed by atoms with Gasteiger partial charge in [-0.05, 0) is 64.2 Å². The maximum atomic E-state index is 12.5. The molecule has 0 fully saturated rings. The molecule has 0 saturated heterocycles. The van der Waals surface area contributed by atoms with Gasteiger partial charge in [0.2, 0.25) is 5.91 Å². The highest BCUT2D eigenvalue weighted by Crippen LogP contribution is 2.20. The molecule has 0 aromatic heterocycles. The highest BCUT2D eigenvalue weighted by atomic mass is 16.5. The van der Waals surface area contributed by atoms with E-state index in [0.29, 0.717) is 19.4 Å². The number of allylic oxidation sites excluding steroid dienone is 5. The third-order valence-corrected chi connectivity index (χ3v) is 18.2. The van der Waals surface area contributed by atoms with Crippen LogP contribution in [0, 0.1) is 0 Å². The molecule has 6 nitrogen and oxygen atoms in total. The SMILES string of the molecule is CCCCC/C=C\C/C=C\CCCCCCCCCCCC(=O)OCCCCCCCCCCCCCCCCCCCCCCCCCCCCC(=O)NC(CO)C(O)/C=C/CCCCCCCCCCCCCCCCCCCCCCC. The van der Waals surface area contributed by atoms with Crippen LogP contribution in [0.4, 0.5) is 0 Å². The van der Waals surface area contributed by atoms with Crippen molar-refractivity contribution in [1.82, 2.24) is 5.32 Å². The lowest BCUT2D eigenvalue weighted by Gasteiger charge is -2.20. The summed E-state index contributed by atoms with van der Waals surface area (Å²) < 4.78 is 5.51. The lowest BCUT2D eigenvalue weighted by atomic mass is 10.0. The average Bonchev–Trinajstić information content (AvgIpc) is 3.51. The molecular formula is C79H151NO5. The smallest absolute Gasteiger partial charge is 0.305 e. The molecule has 502 valence electrons. The van der Waals surface area contributed by atoms with Crippen LogP contribution in [0.1, 0.15) is 431 Å². The van der Waals surface area contributed by atoms with Crippen molar-refractivity contribution in [2.45, 2.75) is 443 Å². The van der Waals surface area contributed by atoms with Crippen LogP contribution in [-0.4, -0.2) is 47.4 Å². The van der Waals surface area contributed by atoms with Crippen molar-refractivity contribution in [3.63, 3.8) is 0 Å². The van der Waals surface area contributed by atoms with Gasteiger partial charge in [-0.25, -0.2) is 0 Å². The van der Waals surface area contributed by atoms with Gasteiger partial charge < -0.3 is 20.3 Å². The van der Waals surface area contributed by atoms with E-state index in [1.807, 2.05) is 6.08 Å². The summed E-state index contributed by atoms with van der Waals surface area (Å²) in [4.78, 5) is 24.7. The Kier molecular flexibility index (Phi) is 72.9. The molecule has 2 atom stereocenters. The molecule has 0 aromatic rings. The first kappa shape index (κ1) is 83.1. The molecule has 0 bridgehead atoms. The predicted molar refractivity (Wildman–Crippen MR) is 375 cm³/mol. The fraction of sp³-hybridized carbons (Fsp3) is 0.899. The van der Waals surface area contributed by atoms with Crippen LogP contribution in [0.15, 0.2) is 36.5 Å². The Hall–Kier alpha value is -1.92. The van der Waals surface area contributed by atoms with Gasteiger partial charge in [0.15, 0.2) is 0 Å². The summed E-state index contributed by atoms with van der Waals surface area (Å²) in [6.07, 6.45) is 96.8. The zero-order chi connectivity index (χ0) is 61.3. The molecule has 0 heterocycles. The Labute approximate surface area is 532 Å². The summed E-state index contributed by atoms with van der Waals surface area (Å²) in [5.41, 5.74) is 0. The molecule has 0 aromatic carbocycles. The standard InChI is InChI=1S/C79H151NO5/c1-3-5-7-9-11-13-15-17-19-21-23-24-29-32-36-39-43-47-51-55-59-63-67-71-77(82)76(75-81)80-78(83)72-68-64-60-56-52-48-44-40-37-33-30-27-25-26-28-31-34-38-42-46-50-54-58-62-66-70-74-85-79(84)73-69-65-61-57-53-49-45-41-35-22-20-18-16-14-12-10-8-6-4-2/h12,14,18,20,67,71,76-77,81-82H,3-11,13,15-17,19,21-66,68-70,72-75H2,1-2H3,(H,80,83)/b14-12-,20-18-,71-67+. The number of hydrogen-bond acceptors (Lipinski definition) is 5. The van der Waals surface area contributed by atoms with E-state index in [9.17, 15) is 19.8 Å². The number of unbranched alkanes of at least 4 members (excludes halogenated alkanes) is 58. The van der Waals surface area contributed by atoms with E-state index in [-0.39, 0.29) is 18.5 Å². The van der Waals surface area contributed by atoms with Gasteiger partial charge in [-0.15, -0.1) is 0 Å². The number of aliphatic hydroxyl groups excluding tert-OH is 2. The van der Waals surface area contributed by atoms with Crippen LogP contribution in [-0.2, 0) is 14.3 Å². The third kappa shape index (κ3) is 71.0. The minimum absolute atomic E-state index is 0.0139. The zero-order valence-electron chi connectivity index (χ0n) is 57.6. The topological polar surface area (TPSA) is 95.9 Å². The van der Waals surface area contributed by atoms with Gasteiger partial charge in [0, 0.05) is 12.8 Å². The molecule has 0 saturated carbocycles. The summed E-state index contributed by atoms with van der Waals surface area (Å²) in [6, 6.07) is -0.628. The largest absolute Gasteiger partial charge is 0.466 e. The maximum absolute atomic E-state index is 12.5. The molecule has 1 amide bonds. The lowest BCUT2D eigenvalue weighted by molar-refractivity contribution is -0.143. The second-order valence-electron chi connectivity index (χ2n) is 26.7. The second-order valence-corrected chi connectivity index (χ2v) is 26.7. The molecule has 0 spiro atoms. The van der Waals surface area contributed by atoms with Gasteiger partial charge in [0.25, 0.3) is 0 Å². The minimum Gasteiger partial charge on any atom is -0.466 e. The Morgan fingerprint density at radius 1 is 0.329 bits per heavy atom. The summed E-state index contributed by atoms with van der Waals surface area (Å²) in [6.45, 7) is 4.92. The van der Waals surface area contributed by atoms with Crippen LogP contribution in [0.2, 0.25) is 0 Å². The van der Waals surface area contributed by atoms with Crippen LogP contribution in [0.25, 0.3) is 0 Å². The Balaban J connectivity index is 3.37. The summed E-state index contributed by atoms with van der Waals surface area (Å²) in [7, 11) is 0. The highest BCUT2D eigenvalue weighted by Gasteiger charge is 2.18. The van der Waals surface area contributed by atoms with E-state index in [2.05, 4.69) is 43.5 Å². The fourth-order valence-electron chi connectivity index (χ4n) is 12.3. The summed E-state index contributed by atoms with van der Waals surface area (Å²) in [5.74, 6) is -0.0471. The summed E-state index contributed by atoms with van der Waals surface area (Å²) in [5, 5.41) is 23.3. The molecule has 0 rings (SSSR count). The Morgan fingerprint density at radius 2 is 0.588 bits per heavy atom. The van der Waals surface area contributed by atoms with Crippen molar-refractivity contribution in [1.29, 1.82) is 0 Å². The van der Waals surface area contributed by atoms with E-state index in [1.54, 1.807) is 6.08 Å². The van der Waals surface area contributed by atoms with Crippen molar-refractivity contribution in [3.05, 3.63) is 36.5 Å². The first-order chi connectivity index (χ1) is 42.0. The van der Waals surface area contributed by atoms with Crippen molar-refractivity contribution >= 4 is 11.9 Å². The molecular weight excluding hydrogens is 1040 g/mol. The molecule has 6 heteroatoms. The molecule has 3 N–H and O–H groups in total. The summed E-state index contributed by atoms with van der Waals surface area (Å²) >= 11 is 0. The van der Waals surface area contributed by atoms with Gasteiger partial charge in [-0.2, -0.15) is 0 Å². The molecule has 0 aliphatic rings. The molecule has 0 aliphatic heterocycles. The molecule has 85 heavy (non-hydrogen) atoms. The van der Waals surface area contributed by atoms with E-state index in [4.69, 9.17) is 4.74 Å². The van der Waals surface area contributed by atoms with Crippen LogP contribution < -0.4 is 5.32 Å². The first-order valence-electron chi connectivity index (χ1n) is 38.8. The number of ether oxygens (including phenoxy) is 1. The fourth-order valence-corrected chi connectivity index (χ4v) is 12.3. The van der Waals surface area contributed by atoms with Crippen molar-refractivity contribution < 1.29 is 24.5 Å². The third-order valence-electron chi connectivity index (χ3n) is 18.2. The van der Waals surface area contributed by atoms with Crippen molar-refractivity contribution in [2.24, 2.45) is 0 Å². The minimum atomic E-state index is -0.845. The van der Waals surface area contributed by atoms with Gasteiger partial charge >= 0.3 is 5.97 Å². The van der Waals surface area contributed by atoms with Crippen LogP contribution >= 0.6 is 0 Å². The van der Waals surface area contributed by atoms with Crippen LogP contribution in [0.3, 0.4) is 0 Å². The van der Waals surface area contributed by atoms with E-state index < -0.39 is 12.1 Å². The monoisotopic (exact) mass is 1190 g/mol. The Morgan fingerprint density at radius 3 is 0.918 bits per heavy atom. The van der Waals surface area contributed by atoms with Gasteiger partial charge in [-0.1, -0.05) is 391 Å². The number of hydrogen-bond donors (Lipinski definition) is 3. The maximum Gasteiger partial charge on any atom is 0.305 e.